The van der Waals surface area contributed by atoms with Crippen LogP contribution < -0.4 is 5.32 Å². The lowest BCUT2D eigenvalue weighted by atomic mass is 10.1. The van der Waals surface area contributed by atoms with Crippen LogP contribution in [0.25, 0.3) is 0 Å². The first-order valence-corrected chi connectivity index (χ1v) is 6.24. The van der Waals surface area contributed by atoms with Crippen molar-refractivity contribution >= 4 is 11.6 Å². The summed E-state index contributed by atoms with van der Waals surface area (Å²) >= 11 is 5.92. The molecule has 1 unspecified atom stereocenters. The molecule has 1 N–H and O–H groups in total. The van der Waals surface area contributed by atoms with Crippen molar-refractivity contribution in [1.82, 2.24) is 10.3 Å². The van der Waals surface area contributed by atoms with Gasteiger partial charge in [-0.15, -0.1) is 0 Å². The second kappa shape index (κ2) is 7.75. The van der Waals surface area contributed by atoms with Gasteiger partial charge in [-0.1, -0.05) is 11.6 Å². The van der Waals surface area contributed by atoms with Crippen LogP contribution in [0, 0.1) is 0 Å². The molecule has 0 radical (unpaired) electrons. The topological polar surface area (TPSA) is 34.1 Å². The standard InChI is InChI=1S/C12H15ClF4N2O/c1-18-9(4-8-2-3-19-5-10(8)13)6-20-7-12(16,17)11(14)15/h2-3,5,9,11,18H,4,6-7H2,1H3. The monoisotopic (exact) mass is 314 g/mol. The van der Waals surface area contributed by atoms with E-state index in [1.807, 2.05) is 0 Å². The van der Waals surface area contributed by atoms with Crippen molar-refractivity contribution in [3.63, 3.8) is 0 Å². The first kappa shape index (κ1) is 17.1. The third-order valence-electron chi connectivity index (χ3n) is 2.66. The lowest BCUT2D eigenvalue weighted by Gasteiger charge is -2.20. The van der Waals surface area contributed by atoms with Crippen LogP contribution in [0.1, 0.15) is 5.56 Å². The summed E-state index contributed by atoms with van der Waals surface area (Å²) in [6.45, 7) is -1.44. The van der Waals surface area contributed by atoms with Crippen molar-refractivity contribution < 1.29 is 22.3 Å². The van der Waals surface area contributed by atoms with Gasteiger partial charge in [0.15, 0.2) is 0 Å². The van der Waals surface area contributed by atoms with Crippen molar-refractivity contribution in [2.45, 2.75) is 24.8 Å². The highest BCUT2D eigenvalue weighted by atomic mass is 35.5. The number of aromatic nitrogens is 1. The van der Waals surface area contributed by atoms with Crippen LogP contribution in [0.4, 0.5) is 17.6 Å². The fraction of sp³-hybridized carbons (Fsp3) is 0.583. The second-order valence-corrected chi connectivity index (χ2v) is 4.64. The average Bonchev–Trinajstić information content (AvgIpc) is 2.39. The Hall–Kier alpha value is -0.920. The van der Waals surface area contributed by atoms with Crippen LogP contribution in [-0.2, 0) is 11.2 Å². The third kappa shape index (κ3) is 5.22. The number of halogens is 5. The van der Waals surface area contributed by atoms with E-state index in [1.54, 1.807) is 19.3 Å². The predicted molar refractivity (Wildman–Crippen MR) is 67.6 cm³/mol. The Balaban J connectivity index is 2.47. The van der Waals surface area contributed by atoms with Crippen LogP contribution in [0.3, 0.4) is 0 Å². The van der Waals surface area contributed by atoms with E-state index in [0.717, 1.165) is 5.56 Å². The van der Waals surface area contributed by atoms with Crippen LogP contribution in [0.2, 0.25) is 5.02 Å². The number of hydrogen-bond acceptors (Lipinski definition) is 3. The van der Waals surface area contributed by atoms with Crippen LogP contribution in [0.15, 0.2) is 18.5 Å². The molecule has 1 aromatic rings. The molecule has 0 amide bonds. The van der Waals surface area contributed by atoms with E-state index >= 15 is 0 Å². The van der Waals surface area contributed by atoms with E-state index in [4.69, 9.17) is 11.6 Å². The molecular formula is C12H15ClF4N2O. The smallest absolute Gasteiger partial charge is 0.330 e. The molecule has 20 heavy (non-hydrogen) atoms. The molecule has 1 rings (SSSR count). The largest absolute Gasteiger partial charge is 0.373 e. The molecule has 1 aromatic heterocycles. The number of hydrogen-bond donors (Lipinski definition) is 1. The highest BCUT2D eigenvalue weighted by Gasteiger charge is 2.41. The number of rotatable bonds is 8. The second-order valence-electron chi connectivity index (χ2n) is 4.23. The SMILES string of the molecule is CNC(COCC(F)(F)C(F)F)Cc1ccncc1Cl. The molecule has 1 atom stereocenters. The maximum absolute atomic E-state index is 12.7. The van der Waals surface area contributed by atoms with Gasteiger partial charge in [0.2, 0.25) is 0 Å². The molecule has 0 aliphatic heterocycles. The molecule has 0 saturated carbocycles. The van der Waals surface area contributed by atoms with Crippen LogP contribution >= 0.6 is 11.6 Å². The molecule has 0 spiro atoms. The van der Waals surface area contributed by atoms with Gasteiger partial charge in [-0.25, -0.2) is 8.78 Å². The minimum absolute atomic E-state index is 0.128. The summed E-state index contributed by atoms with van der Waals surface area (Å²) in [6.07, 6.45) is -0.294. The molecule has 0 aliphatic rings. The number of likely N-dealkylation sites (N-methyl/N-ethyl adjacent to an activating group) is 1. The van der Waals surface area contributed by atoms with Gasteiger partial charge in [-0.05, 0) is 25.1 Å². The normalized spacial score (nSPS) is 13.8. The molecule has 0 saturated heterocycles. The Kier molecular flexibility index (Phi) is 6.64. The van der Waals surface area contributed by atoms with Crippen molar-refractivity contribution in [3.8, 4) is 0 Å². The Morgan fingerprint density at radius 2 is 2.15 bits per heavy atom. The molecule has 0 bridgehead atoms. The number of ether oxygens (including phenoxy) is 1. The Morgan fingerprint density at radius 3 is 2.70 bits per heavy atom. The number of nitrogens with one attached hydrogen (secondary N) is 1. The fourth-order valence-corrected chi connectivity index (χ4v) is 1.68. The van der Waals surface area contributed by atoms with E-state index in [0.29, 0.717) is 11.4 Å². The maximum atomic E-state index is 12.7. The van der Waals surface area contributed by atoms with Crippen molar-refractivity contribution in [2.75, 3.05) is 20.3 Å². The average molecular weight is 315 g/mol. The number of alkyl halides is 4. The van der Waals surface area contributed by atoms with Gasteiger partial charge < -0.3 is 10.1 Å². The van der Waals surface area contributed by atoms with Gasteiger partial charge in [-0.2, -0.15) is 8.78 Å². The lowest BCUT2D eigenvalue weighted by molar-refractivity contribution is -0.166. The maximum Gasteiger partial charge on any atom is 0.330 e. The number of pyridine rings is 1. The van der Waals surface area contributed by atoms with Gasteiger partial charge in [0.1, 0.15) is 6.61 Å². The zero-order chi connectivity index (χ0) is 15.2. The van der Waals surface area contributed by atoms with Crippen LogP contribution in [0.5, 0.6) is 0 Å². The lowest BCUT2D eigenvalue weighted by Crippen LogP contribution is -2.37. The molecule has 8 heteroatoms. The molecule has 0 aliphatic carbocycles. The van der Waals surface area contributed by atoms with Crippen molar-refractivity contribution in [3.05, 3.63) is 29.0 Å². The van der Waals surface area contributed by atoms with Gasteiger partial charge in [0, 0.05) is 18.4 Å². The Labute approximate surface area is 119 Å². The zero-order valence-corrected chi connectivity index (χ0v) is 11.5. The fourth-order valence-electron chi connectivity index (χ4n) is 1.48. The first-order chi connectivity index (χ1) is 9.36. The van der Waals surface area contributed by atoms with E-state index in [1.165, 1.54) is 6.20 Å². The molecule has 114 valence electrons. The van der Waals surface area contributed by atoms with Gasteiger partial charge in [0.25, 0.3) is 0 Å². The predicted octanol–water partition coefficient (Wildman–Crippen LogP) is 2.78. The van der Waals surface area contributed by atoms with Gasteiger partial charge >= 0.3 is 12.3 Å². The molecule has 1 heterocycles. The molecule has 3 nitrogen and oxygen atoms in total. The summed E-state index contributed by atoms with van der Waals surface area (Å²) in [5, 5.41) is 3.31. The highest BCUT2D eigenvalue weighted by Crippen LogP contribution is 2.23. The van der Waals surface area contributed by atoms with E-state index < -0.39 is 19.0 Å². The summed E-state index contributed by atoms with van der Waals surface area (Å²) in [6, 6.07) is 1.38. The number of nitrogens with zero attached hydrogens (tertiary/aromatic N) is 1. The summed E-state index contributed by atoms with van der Waals surface area (Å²) in [5.74, 6) is -4.13. The van der Waals surface area contributed by atoms with E-state index in [-0.39, 0.29) is 12.6 Å². The molecular weight excluding hydrogens is 300 g/mol. The molecule has 0 aromatic carbocycles. The molecule has 0 fully saturated rings. The van der Waals surface area contributed by atoms with Crippen LogP contribution in [-0.4, -0.2) is 43.6 Å². The van der Waals surface area contributed by atoms with Crippen molar-refractivity contribution in [1.29, 1.82) is 0 Å². The minimum atomic E-state index is -4.13. The summed E-state index contributed by atoms with van der Waals surface area (Å²) in [5.41, 5.74) is 0.769. The summed E-state index contributed by atoms with van der Waals surface area (Å²) in [4.78, 5) is 3.83. The van der Waals surface area contributed by atoms with E-state index in [2.05, 4.69) is 15.0 Å². The summed E-state index contributed by atoms with van der Waals surface area (Å²) in [7, 11) is 1.62. The third-order valence-corrected chi connectivity index (χ3v) is 3.00. The van der Waals surface area contributed by atoms with E-state index in [9.17, 15) is 17.6 Å². The quantitative estimate of drug-likeness (QED) is 0.749. The Bertz CT molecular complexity index is 420. The van der Waals surface area contributed by atoms with Gasteiger partial charge in [0.05, 0.1) is 11.6 Å². The summed E-state index contributed by atoms with van der Waals surface area (Å²) < 4.78 is 53.9. The zero-order valence-electron chi connectivity index (χ0n) is 10.8. The van der Waals surface area contributed by atoms with Gasteiger partial charge in [-0.3, -0.25) is 4.98 Å². The minimum Gasteiger partial charge on any atom is -0.373 e. The van der Waals surface area contributed by atoms with Crippen molar-refractivity contribution in [2.24, 2.45) is 0 Å². The first-order valence-electron chi connectivity index (χ1n) is 5.86. The highest BCUT2D eigenvalue weighted by molar-refractivity contribution is 6.31. The Morgan fingerprint density at radius 1 is 1.45 bits per heavy atom.